The summed E-state index contributed by atoms with van der Waals surface area (Å²) in [4.78, 5) is 0. The van der Waals surface area contributed by atoms with Crippen molar-refractivity contribution in [2.24, 2.45) is 0 Å². The van der Waals surface area contributed by atoms with E-state index >= 15 is 0 Å². The third-order valence-corrected chi connectivity index (χ3v) is 10.4. The van der Waals surface area contributed by atoms with Crippen molar-refractivity contribution in [2.45, 2.75) is 0 Å². The largest absolute Gasteiger partial charge is 0.309 e. The maximum absolute atomic E-state index is 2.40. The molecule has 0 N–H and O–H groups in total. The van der Waals surface area contributed by atoms with Crippen LogP contribution in [0.3, 0.4) is 0 Å². The van der Waals surface area contributed by atoms with Gasteiger partial charge in [0.15, 0.2) is 0 Å². The van der Waals surface area contributed by atoms with Crippen molar-refractivity contribution >= 4 is 43.4 Å². The highest BCUT2D eigenvalue weighted by molar-refractivity contribution is 6.21. The first-order valence-electron chi connectivity index (χ1n) is 17.6. The molecule has 9 aromatic carbocycles. The third kappa shape index (κ3) is 4.86. The van der Waals surface area contributed by atoms with Crippen LogP contribution in [0, 0.1) is 0 Å². The molecule has 0 radical (unpaired) electrons. The van der Waals surface area contributed by atoms with Gasteiger partial charge in [-0.25, -0.2) is 0 Å². The fourth-order valence-corrected chi connectivity index (χ4v) is 8.05. The standard InChI is InChI=1S/C50H33N/c1-3-13-34(14-4-1)36-23-25-37(26-24-36)49-42-18-7-9-20-44(42)50(45-21-10-8-19-43(45)49)38-27-30-40(31-28-38)51-47-22-12-11-17-41(47)46-33-39(29-32-48(46)51)35-15-5-2-6-16-35/h1-33H. The Kier molecular flexibility index (Phi) is 6.89. The zero-order chi connectivity index (χ0) is 33.7. The Morgan fingerprint density at radius 1 is 0.235 bits per heavy atom. The molecule has 1 heterocycles. The molecule has 0 aliphatic rings. The average molecular weight is 648 g/mol. The number of hydrogen-bond donors (Lipinski definition) is 0. The zero-order valence-electron chi connectivity index (χ0n) is 28.0. The summed E-state index contributed by atoms with van der Waals surface area (Å²) < 4.78 is 2.40. The van der Waals surface area contributed by atoms with E-state index in [1.165, 1.54) is 87.9 Å². The normalized spacial score (nSPS) is 11.5. The van der Waals surface area contributed by atoms with Gasteiger partial charge >= 0.3 is 0 Å². The van der Waals surface area contributed by atoms with Crippen LogP contribution >= 0.6 is 0 Å². The van der Waals surface area contributed by atoms with Gasteiger partial charge in [-0.3, -0.25) is 0 Å². The number of aromatic nitrogens is 1. The number of rotatable bonds is 5. The van der Waals surface area contributed by atoms with Gasteiger partial charge in [0.05, 0.1) is 11.0 Å². The Hall–Kier alpha value is -6.70. The smallest absolute Gasteiger partial charge is 0.0541 e. The van der Waals surface area contributed by atoms with Crippen molar-refractivity contribution in [1.82, 2.24) is 4.57 Å². The second-order valence-electron chi connectivity index (χ2n) is 13.3. The SMILES string of the molecule is c1ccc(-c2ccc(-c3c4ccccc4c(-c4ccc(-n5c6ccccc6c6cc(-c7ccccc7)ccc65)cc4)c4ccccc34)cc2)cc1. The van der Waals surface area contributed by atoms with E-state index in [1.54, 1.807) is 0 Å². The van der Waals surface area contributed by atoms with Crippen LogP contribution in [0.1, 0.15) is 0 Å². The van der Waals surface area contributed by atoms with Crippen molar-refractivity contribution in [3.8, 4) is 50.2 Å². The minimum atomic E-state index is 1.15. The topological polar surface area (TPSA) is 4.93 Å². The molecule has 238 valence electrons. The third-order valence-electron chi connectivity index (χ3n) is 10.4. The molecule has 0 aliphatic carbocycles. The van der Waals surface area contributed by atoms with Gasteiger partial charge in [0.25, 0.3) is 0 Å². The van der Waals surface area contributed by atoms with Crippen LogP contribution in [-0.4, -0.2) is 4.57 Å². The molecule has 1 heteroatoms. The van der Waals surface area contributed by atoms with Gasteiger partial charge < -0.3 is 4.57 Å². The zero-order valence-corrected chi connectivity index (χ0v) is 28.0. The number of benzene rings is 9. The van der Waals surface area contributed by atoms with Gasteiger partial charge in [-0.15, -0.1) is 0 Å². The van der Waals surface area contributed by atoms with E-state index in [9.17, 15) is 0 Å². The first-order valence-corrected chi connectivity index (χ1v) is 17.6. The van der Waals surface area contributed by atoms with Crippen LogP contribution in [0.5, 0.6) is 0 Å². The summed E-state index contributed by atoms with van der Waals surface area (Å²) in [5.74, 6) is 0. The Morgan fingerprint density at radius 2 is 0.608 bits per heavy atom. The van der Waals surface area contributed by atoms with E-state index in [0.717, 1.165) is 5.69 Å². The maximum Gasteiger partial charge on any atom is 0.0541 e. The molecule has 0 unspecified atom stereocenters. The first kappa shape index (κ1) is 29.2. The molecular formula is C50H33N. The van der Waals surface area contributed by atoms with Gasteiger partial charge in [-0.1, -0.05) is 170 Å². The summed E-state index contributed by atoms with van der Waals surface area (Å²) in [6.07, 6.45) is 0. The van der Waals surface area contributed by atoms with Gasteiger partial charge in [0.2, 0.25) is 0 Å². The quantitative estimate of drug-likeness (QED) is 0.164. The predicted molar refractivity (Wildman–Crippen MR) is 218 cm³/mol. The number of para-hydroxylation sites is 1. The lowest BCUT2D eigenvalue weighted by Crippen LogP contribution is -1.94. The highest BCUT2D eigenvalue weighted by Gasteiger charge is 2.18. The molecule has 10 rings (SSSR count). The lowest BCUT2D eigenvalue weighted by molar-refractivity contribution is 1.18. The number of nitrogens with zero attached hydrogens (tertiary/aromatic N) is 1. The molecule has 0 saturated heterocycles. The van der Waals surface area contributed by atoms with Crippen LogP contribution in [0.4, 0.5) is 0 Å². The highest BCUT2D eigenvalue weighted by Crippen LogP contribution is 2.44. The predicted octanol–water partition coefficient (Wildman–Crippen LogP) is 13.8. The fourth-order valence-electron chi connectivity index (χ4n) is 8.05. The highest BCUT2D eigenvalue weighted by atomic mass is 15.0. The molecule has 1 aromatic heterocycles. The van der Waals surface area contributed by atoms with E-state index < -0.39 is 0 Å². The monoisotopic (exact) mass is 647 g/mol. The van der Waals surface area contributed by atoms with Crippen LogP contribution in [0.15, 0.2) is 200 Å². The molecular weight excluding hydrogens is 615 g/mol. The Labute approximate surface area is 297 Å². The summed E-state index contributed by atoms with van der Waals surface area (Å²) in [6, 6.07) is 72.9. The van der Waals surface area contributed by atoms with Crippen molar-refractivity contribution in [3.05, 3.63) is 200 Å². The number of fused-ring (bicyclic) bond motifs is 5. The number of hydrogen-bond acceptors (Lipinski definition) is 0. The van der Waals surface area contributed by atoms with Gasteiger partial charge in [-0.05, 0) is 96.4 Å². The van der Waals surface area contributed by atoms with Gasteiger partial charge in [0.1, 0.15) is 0 Å². The van der Waals surface area contributed by atoms with Gasteiger partial charge in [-0.2, -0.15) is 0 Å². The molecule has 0 aliphatic heterocycles. The van der Waals surface area contributed by atoms with Crippen LogP contribution in [0.25, 0.3) is 93.5 Å². The van der Waals surface area contributed by atoms with Gasteiger partial charge in [0, 0.05) is 16.5 Å². The second-order valence-corrected chi connectivity index (χ2v) is 13.3. The van der Waals surface area contributed by atoms with E-state index in [1.807, 2.05) is 0 Å². The minimum absolute atomic E-state index is 1.15. The summed E-state index contributed by atoms with van der Waals surface area (Å²) >= 11 is 0. The average Bonchev–Trinajstić information content (AvgIpc) is 3.54. The van der Waals surface area contributed by atoms with E-state index in [-0.39, 0.29) is 0 Å². The van der Waals surface area contributed by atoms with Crippen LogP contribution in [-0.2, 0) is 0 Å². The lowest BCUT2D eigenvalue weighted by Gasteiger charge is -2.18. The first-order chi connectivity index (χ1) is 25.3. The van der Waals surface area contributed by atoms with Crippen LogP contribution < -0.4 is 0 Å². The molecule has 51 heavy (non-hydrogen) atoms. The maximum atomic E-state index is 2.40. The summed E-state index contributed by atoms with van der Waals surface area (Å²) in [5, 5.41) is 7.57. The molecule has 10 aromatic rings. The van der Waals surface area contributed by atoms with Crippen molar-refractivity contribution in [3.63, 3.8) is 0 Å². The molecule has 0 atom stereocenters. The Morgan fingerprint density at radius 3 is 1.16 bits per heavy atom. The van der Waals surface area contributed by atoms with Crippen LogP contribution in [0.2, 0.25) is 0 Å². The Balaban J connectivity index is 1.12. The van der Waals surface area contributed by atoms with Crippen molar-refractivity contribution in [1.29, 1.82) is 0 Å². The molecule has 0 amide bonds. The summed E-state index contributed by atoms with van der Waals surface area (Å²) in [7, 11) is 0. The Bertz CT molecular complexity index is 2800. The van der Waals surface area contributed by atoms with E-state index in [0.29, 0.717) is 0 Å². The fraction of sp³-hybridized carbons (Fsp3) is 0. The molecule has 0 spiro atoms. The summed E-state index contributed by atoms with van der Waals surface area (Å²) in [6.45, 7) is 0. The van der Waals surface area contributed by atoms with E-state index in [4.69, 9.17) is 0 Å². The summed E-state index contributed by atoms with van der Waals surface area (Å²) in [5.41, 5.74) is 13.5. The van der Waals surface area contributed by atoms with Crippen molar-refractivity contribution in [2.75, 3.05) is 0 Å². The lowest BCUT2D eigenvalue weighted by atomic mass is 9.85. The molecule has 1 nitrogen and oxygen atoms in total. The van der Waals surface area contributed by atoms with Crippen molar-refractivity contribution < 1.29 is 0 Å². The molecule has 0 saturated carbocycles. The second kappa shape index (κ2) is 12.0. The minimum Gasteiger partial charge on any atom is -0.309 e. The molecule has 0 fully saturated rings. The van der Waals surface area contributed by atoms with E-state index in [2.05, 4.69) is 205 Å². The molecule has 0 bridgehead atoms.